The average molecular weight is 366 g/mol. The number of benzene rings is 1. The maximum Gasteiger partial charge on any atom is 0.307 e. The first-order valence-electron chi connectivity index (χ1n) is 9.17. The molecule has 142 valence electrons. The van der Waals surface area contributed by atoms with Gasteiger partial charge in [-0.15, -0.1) is 6.58 Å². The van der Waals surface area contributed by atoms with Gasteiger partial charge >= 0.3 is 11.9 Å². The van der Waals surface area contributed by atoms with Gasteiger partial charge in [0.1, 0.15) is 6.61 Å². The molecule has 1 atom stereocenters. The molecule has 0 aromatic heterocycles. The maximum atomic E-state index is 11.9. The quantitative estimate of drug-likeness (QED) is 0.484. The fourth-order valence-electron chi connectivity index (χ4n) is 2.86. The Hall–Kier alpha value is -2.88. The normalized spacial score (nSPS) is 14.5. The van der Waals surface area contributed by atoms with Gasteiger partial charge in [0.2, 0.25) is 0 Å². The number of carbonyl (C=O) groups excluding carboxylic acids is 1. The standard InChI is InChI=1S/C23H26O4/c1-2-7-21(23(25)26)16-19-10-6-11-20(13-12-19)17-27-22(24)15-14-18-8-4-3-5-9-18/h2-6,8-12,21H,1,7,13-17H2,(H,25,26). The van der Waals surface area contributed by atoms with Crippen LogP contribution in [0.3, 0.4) is 0 Å². The molecule has 1 aliphatic carbocycles. The minimum Gasteiger partial charge on any atom is -0.481 e. The molecule has 1 aromatic rings. The molecule has 27 heavy (non-hydrogen) atoms. The van der Waals surface area contributed by atoms with Gasteiger partial charge in [0.15, 0.2) is 0 Å². The molecule has 0 fully saturated rings. The maximum absolute atomic E-state index is 11.9. The fraction of sp³-hybridized carbons (Fsp3) is 0.304. The van der Waals surface area contributed by atoms with E-state index in [1.807, 2.05) is 54.6 Å². The van der Waals surface area contributed by atoms with Gasteiger partial charge in [0.05, 0.1) is 5.92 Å². The molecule has 1 aliphatic rings. The summed E-state index contributed by atoms with van der Waals surface area (Å²) in [6.45, 7) is 3.88. The first kappa shape index (κ1) is 20.4. The highest BCUT2D eigenvalue weighted by molar-refractivity contribution is 5.71. The summed E-state index contributed by atoms with van der Waals surface area (Å²) in [5.41, 5.74) is 3.09. The third-order valence-corrected chi connectivity index (χ3v) is 4.43. The third kappa shape index (κ3) is 7.48. The van der Waals surface area contributed by atoms with Crippen molar-refractivity contribution in [1.29, 1.82) is 0 Å². The van der Waals surface area contributed by atoms with E-state index in [9.17, 15) is 14.7 Å². The second kappa shape index (κ2) is 11.0. The topological polar surface area (TPSA) is 63.6 Å². The van der Waals surface area contributed by atoms with Crippen LogP contribution in [-0.4, -0.2) is 23.7 Å². The molecule has 0 saturated heterocycles. The number of ether oxygens (including phenoxy) is 1. The molecule has 0 saturated carbocycles. The summed E-state index contributed by atoms with van der Waals surface area (Å²) < 4.78 is 5.37. The van der Waals surface area contributed by atoms with Gasteiger partial charge in [-0.2, -0.15) is 0 Å². The molecular weight excluding hydrogens is 340 g/mol. The van der Waals surface area contributed by atoms with E-state index in [1.165, 1.54) is 0 Å². The molecule has 4 heteroatoms. The summed E-state index contributed by atoms with van der Waals surface area (Å²) in [7, 11) is 0. The molecule has 0 amide bonds. The van der Waals surface area contributed by atoms with E-state index in [1.54, 1.807) is 6.08 Å². The van der Waals surface area contributed by atoms with E-state index in [4.69, 9.17) is 4.74 Å². The van der Waals surface area contributed by atoms with Crippen LogP contribution in [0.15, 0.2) is 78.4 Å². The number of aryl methyl sites for hydroxylation is 1. The minimum atomic E-state index is -0.811. The molecule has 1 unspecified atom stereocenters. The van der Waals surface area contributed by atoms with Gasteiger partial charge in [-0.25, -0.2) is 0 Å². The monoisotopic (exact) mass is 366 g/mol. The second-order valence-corrected chi connectivity index (χ2v) is 6.58. The van der Waals surface area contributed by atoms with E-state index >= 15 is 0 Å². The highest BCUT2D eigenvalue weighted by atomic mass is 16.5. The Bertz CT molecular complexity index is 741. The number of carboxylic acids is 1. The van der Waals surface area contributed by atoms with E-state index in [0.717, 1.165) is 16.7 Å². The van der Waals surface area contributed by atoms with Crippen LogP contribution in [0, 0.1) is 5.92 Å². The number of aliphatic carboxylic acids is 1. The lowest BCUT2D eigenvalue weighted by Crippen LogP contribution is -2.13. The van der Waals surface area contributed by atoms with Crippen LogP contribution in [0.1, 0.15) is 31.2 Å². The summed E-state index contributed by atoms with van der Waals surface area (Å²) >= 11 is 0. The van der Waals surface area contributed by atoms with Crippen molar-refractivity contribution in [2.24, 2.45) is 5.92 Å². The number of carboxylic acid groups (broad SMARTS) is 1. The van der Waals surface area contributed by atoms with Crippen LogP contribution < -0.4 is 0 Å². The van der Waals surface area contributed by atoms with Gasteiger partial charge in [0.25, 0.3) is 0 Å². The van der Waals surface area contributed by atoms with E-state index in [0.29, 0.717) is 32.1 Å². The van der Waals surface area contributed by atoms with Crippen molar-refractivity contribution in [3.8, 4) is 0 Å². The van der Waals surface area contributed by atoms with Crippen molar-refractivity contribution in [2.45, 2.75) is 32.1 Å². The lowest BCUT2D eigenvalue weighted by atomic mass is 9.95. The smallest absolute Gasteiger partial charge is 0.307 e. The first-order chi connectivity index (χ1) is 13.1. The van der Waals surface area contributed by atoms with E-state index < -0.39 is 11.9 Å². The Balaban J connectivity index is 1.78. The summed E-state index contributed by atoms with van der Waals surface area (Å²) in [4.78, 5) is 23.2. The molecule has 0 aliphatic heterocycles. The van der Waals surface area contributed by atoms with Crippen molar-refractivity contribution >= 4 is 11.9 Å². The largest absolute Gasteiger partial charge is 0.481 e. The van der Waals surface area contributed by atoms with Crippen LogP contribution >= 0.6 is 0 Å². The Labute approximate surface area is 160 Å². The second-order valence-electron chi connectivity index (χ2n) is 6.58. The zero-order valence-electron chi connectivity index (χ0n) is 15.5. The Morgan fingerprint density at radius 1 is 1.26 bits per heavy atom. The highest BCUT2D eigenvalue weighted by Crippen LogP contribution is 2.21. The molecule has 2 rings (SSSR count). The molecule has 4 nitrogen and oxygen atoms in total. The minimum absolute atomic E-state index is 0.214. The Morgan fingerprint density at radius 2 is 2.04 bits per heavy atom. The molecule has 0 spiro atoms. The van der Waals surface area contributed by atoms with Crippen molar-refractivity contribution in [1.82, 2.24) is 0 Å². The fourth-order valence-corrected chi connectivity index (χ4v) is 2.86. The van der Waals surface area contributed by atoms with Crippen molar-refractivity contribution in [3.05, 3.63) is 84.0 Å². The molecule has 0 heterocycles. The van der Waals surface area contributed by atoms with Gasteiger partial charge in [-0.1, -0.05) is 66.3 Å². The highest BCUT2D eigenvalue weighted by Gasteiger charge is 2.17. The summed E-state index contributed by atoms with van der Waals surface area (Å²) in [6.07, 6.45) is 12.0. The van der Waals surface area contributed by atoms with Crippen LogP contribution in [0.5, 0.6) is 0 Å². The van der Waals surface area contributed by atoms with E-state index in [-0.39, 0.29) is 12.6 Å². The number of hydrogen-bond donors (Lipinski definition) is 1. The van der Waals surface area contributed by atoms with Gasteiger partial charge in [-0.3, -0.25) is 9.59 Å². The van der Waals surface area contributed by atoms with Crippen molar-refractivity contribution < 1.29 is 19.4 Å². The van der Waals surface area contributed by atoms with Crippen LogP contribution in [0.2, 0.25) is 0 Å². The summed E-state index contributed by atoms with van der Waals surface area (Å²) in [5, 5.41) is 9.27. The number of allylic oxidation sites excluding steroid dienone is 6. The molecule has 0 radical (unpaired) electrons. The lowest BCUT2D eigenvalue weighted by Gasteiger charge is -2.10. The number of hydrogen-bond acceptors (Lipinski definition) is 3. The Morgan fingerprint density at radius 3 is 2.74 bits per heavy atom. The first-order valence-corrected chi connectivity index (χ1v) is 9.17. The van der Waals surface area contributed by atoms with Crippen molar-refractivity contribution in [2.75, 3.05) is 6.61 Å². The summed E-state index contributed by atoms with van der Waals surface area (Å²) in [6, 6.07) is 9.85. The van der Waals surface area contributed by atoms with Crippen LogP contribution in [-0.2, 0) is 20.7 Å². The predicted molar refractivity (Wildman–Crippen MR) is 106 cm³/mol. The predicted octanol–water partition coefficient (Wildman–Crippen LogP) is 4.64. The molecular formula is C23H26O4. The SMILES string of the molecule is C=CCC(CC1=CCC(COC(=O)CCc2ccccc2)=CC=C1)C(=O)O. The average Bonchev–Trinajstić information content (AvgIpc) is 2.90. The van der Waals surface area contributed by atoms with Crippen LogP contribution in [0.4, 0.5) is 0 Å². The molecule has 1 aromatic carbocycles. The third-order valence-electron chi connectivity index (χ3n) is 4.43. The Kier molecular flexibility index (Phi) is 8.30. The molecule has 0 bridgehead atoms. The zero-order valence-corrected chi connectivity index (χ0v) is 15.5. The van der Waals surface area contributed by atoms with Crippen LogP contribution in [0.25, 0.3) is 0 Å². The number of rotatable bonds is 10. The van der Waals surface area contributed by atoms with Gasteiger partial charge in [-0.05, 0) is 36.8 Å². The number of carbonyl (C=O) groups is 2. The van der Waals surface area contributed by atoms with E-state index in [2.05, 4.69) is 6.58 Å². The van der Waals surface area contributed by atoms with Gasteiger partial charge in [0, 0.05) is 6.42 Å². The summed E-state index contributed by atoms with van der Waals surface area (Å²) in [5.74, 6) is -1.49. The number of esters is 1. The van der Waals surface area contributed by atoms with Crippen molar-refractivity contribution in [3.63, 3.8) is 0 Å². The molecule has 1 N–H and O–H groups in total. The lowest BCUT2D eigenvalue weighted by molar-refractivity contribution is -0.143. The zero-order chi connectivity index (χ0) is 19.5. The van der Waals surface area contributed by atoms with Gasteiger partial charge < -0.3 is 9.84 Å².